The van der Waals surface area contributed by atoms with Crippen LogP contribution in [0.2, 0.25) is 0 Å². The minimum atomic E-state index is 0.665. The first-order valence-electron chi connectivity index (χ1n) is 8.98. The summed E-state index contributed by atoms with van der Waals surface area (Å²) in [5.41, 5.74) is 1.67. The van der Waals surface area contributed by atoms with Crippen LogP contribution in [0.5, 0.6) is 0 Å². The van der Waals surface area contributed by atoms with Gasteiger partial charge in [0, 0.05) is 39.3 Å². The van der Waals surface area contributed by atoms with Crippen molar-refractivity contribution in [2.24, 2.45) is 0 Å². The average Bonchev–Trinajstić information content (AvgIpc) is 2.63. The molecule has 0 aromatic carbocycles. The number of rotatable bonds is 5. The van der Waals surface area contributed by atoms with Crippen LogP contribution in [0.3, 0.4) is 0 Å². The zero-order valence-corrected chi connectivity index (χ0v) is 14.6. The van der Waals surface area contributed by atoms with Crippen molar-refractivity contribution in [3.05, 3.63) is 17.2 Å². The number of ether oxygens (including phenoxy) is 1. The Morgan fingerprint density at radius 1 is 1.21 bits per heavy atom. The number of nitriles is 1. The third-order valence-electron chi connectivity index (χ3n) is 4.82. The van der Waals surface area contributed by atoms with E-state index in [1.54, 1.807) is 0 Å². The molecule has 2 fully saturated rings. The van der Waals surface area contributed by atoms with E-state index in [0.29, 0.717) is 5.56 Å². The van der Waals surface area contributed by atoms with Crippen molar-refractivity contribution in [3.8, 4) is 6.07 Å². The van der Waals surface area contributed by atoms with E-state index in [4.69, 9.17) is 9.72 Å². The molecule has 2 aliphatic heterocycles. The predicted molar refractivity (Wildman–Crippen MR) is 95.5 cm³/mol. The van der Waals surface area contributed by atoms with Crippen LogP contribution in [0.1, 0.15) is 30.4 Å². The van der Waals surface area contributed by atoms with Crippen molar-refractivity contribution < 1.29 is 4.74 Å². The van der Waals surface area contributed by atoms with Gasteiger partial charge in [0.1, 0.15) is 17.7 Å². The third kappa shape index (κ3) is 4.16. The fraction of sp³-hybridized carbons (Fsp3) is 0.667. The highest BCUT2D eigenvalue weighted by atomic mass is 16.5. The van der Waals surface area contributed by atoms with Crippen LogP contribution in [0, 0.1) is 18.3 Å². The van der Waals surface area contributed by atoms with E-state index in [0.717, 1.165) is 69.7 Å². The highest BCUT2D eigenvalue weighted by molar-refractivity contribution is 5.61. The van der Waals surface area contributed by atoms with Crippen molar-refractivity contribution in [2.45, 2.75) is 26.2 Å². The van der Waals surface area contributed by atoms with E-state index < -0.39 is 0 Å². The molecule has 3 rings (SSSR count). The van der Waals surface area contributed by atoms with Gasteiger partial charge in [-0.25, -0.2) is 4.98 Å². The molecular weight excluding hydrogens is 302 g/mol. The molecule has 0 spiro atoms. The van der Waals surface area contributed by atoms with E-state index in [2.05, 4.69) is 27.3 Å². The largest absolute Gasteiger partial charge is 0.379 e. The van der Waals surface area contributed by atoms with Crippen LogP contribution in [0.4, 0.5) is 11.6 Å². The molecule has 1 aromatic rings. The predicted octanol–water partition coefficient (Wildman–Crippen LogP) is 2.00. The molecule has 6 heteroatoms. The zero-order valence-electron chi connectivity index (χ0n) is 14.6. The standard InChI is InChI=1S/C18H27N5O/c1-15-13-17(23-6-3-2-4-7-23)21-18(16(15)14-19)20-5-8-22-9-11-24-12-10-22/h13H,2-12H2,1H3,(H,20,21). The summed E-state index contributed by atoms with van der Waals surface area (Å²) >= 11 is 0. The number of nitrogens with zero attached hydrogens (tertiary/aromatic N) is 4. The fourth-order valence-electron chi connectivity index (χ4n) is 3.37. The van der Waals surface area contributed by atoms with Gasteiger partial charge in [0.2, 0.25) is 0 Å². The maximum Gasteiger partial charge on any atom is 0.146 e. The van der Waals surface area contributed by atoms with Gasteiger partial charge in [0.25, 0.3) is 0 Å². The zero-order chi connectivity index (χ0) is 16.8. The summed E-state index contributed by atoms with van der Waals surface area (Å²) in [5.74, 6) is 1.73. The Morgan fingerprint density at radius 3 is 2.67 bits per heavy atom. The second kappa shape index (κ2) is 8.32. The molecule has 0 saturated carbocycles. The lowest BCUT2D eigenvalue weighted by Gasteiger charge is -2.29. The molecule has 0 bridgehead atoms. The second-order valence-corrected chi connectivity index (χ2v) is 6.56. The van der Waals surface area contributed by atoms with Gasteiger partial charge in [-0.15, -0.1) is 0 Å². The number of hydrogen-bond acceptors (Lipinski definition) is 6. The Morgan fingerprint density at radius 2 is 1.96 bits per heavy atom. The lowest BCUT2D eigenvalue weighted by Crippen LogP contribution is -2.39. The molecule has 0 aliphatic carbocycles. The number of aryl methyl sites for hydroxylation is 1. The Bertz CT molecular complexity index is 586. The number of nitrogens with one attached hydrogen (secondary N) is 1. The van der Waals surface area contributed by atoms with Gasteiger partial charge in [-0.3, -0.25) is 4.90 Å². The number of anilines is 2. The van der Waals surface area contributed by atoms with Crippen LogP contribution in [-0.4, -0.2) is 62.4 Å². The minimum Gasteiger partial charge on any atom is -0.379 e. The van der Waals surface area contributed by atoms with Crippen LogP contribution >= 0.6 is 0 Å². The molecule has 0 amide bonds. The first-order chi connectivity index (χ1) is 11.8. The summed E-state index contributed by atoms with van der Waals surface area (Å²) in [6, 6.07) is 4.36. The molecule has 0 radical (unpaired) electrons. The van der Waals surface area contributed by atoms with Crippen molar-refractivity contribution in [1.29, 1.82) is 5.26 Å². The van der Waals surface area contributed by atoms with Gasteiger partial charge in [-0.05, 0) is 37.8 Å². The maximum absolute atomic E-state index is 9.48. The minimum absolute atomic E-state index is 0.665. The van der Waals surface area contributed by atoms with E-state index in [1.807, 2.05) is 6.92 Å². The summed E-state index contributed by atoms with van der Waals surface area (Å²) in [4.78, 5) is 9.48. The van der Waals surface area contributed by atoms with Gasteiger partial charge in [-0.2, -0.15) is 5.26 Å². The van der Waals surface area contributed by atoms with E-state index in [1.165, 1.54) is 19.3 Å². The van der Waals surface area contributed by atoms with Crippen molar-refractivity contribution in [2.75, 3.05) is 62.7 Å². The Kier molecular flexibility index (Phi) is 5.89. The average molecular weight is 329 g/mol. The Balaban J connectivity index is 1.67. The summed E-state index contributed by atoms with van der Waals surface area (Å²) < 4.78 is 5.38. The van der Waals surface area contributed by atoms with Crippen molar-refractivity contribution >= 4 is 11.6 Å². The molecule has 1 N–H and O–H groups in total. The molecule has 0 unspecified atom stereocenters. The number of pyridine rings is 1. The first kappa shape index (κ1) is 17.0. The second-order valence-electron chi connectivity index (χ2n) is 6.56. The summed E-state index contributed by atoms with van der Waals surface area (Å²) in [5, 5.41) is 12.9. The Hall–Kier alpha value is -1.84. The molecular formula is C18H27N5O. The topological polar surface area (TPSA) is 64.4 Å². The van der Waals surface area contributed by atoms with Gasteiger partial charge in [-0.1, -0.05) is 0 Å². The fourth-order valence-corrected chi connectivity index (χ4v) is 3.37. The first-order valence-corrected chi connectivity index (χ1v) is 8.98. The van der Waals surface area contributed by atoms with Gasteiger partial charge < -0.3 is 15.0 Å². The van der Waals surface area contributed by atoms with Gasteiger partial charge >= 0.3 is 0 Å². The molecule has 1 aromatic heterocycles. The Labute approximate surface area is 144 Å². The smallest absolute Gasteiger partial charge is 0.146 e. The summed E-state index contributed by atoms with van der Waals surface area (Å²) in [6.45, 7) is 9.45. The summed E-state index contributed by atoms with van der Waals surface area (Å²) in [6.07, 6.45) is 3.75. The molecule has 3 heterocycles. The van der Waals surface area contributed by atoms with Gasteiger partial charge in [0.05, 0.1) is 18.8 Å². The molecule has 2 saturated heterocycles. The maximum atomic E-state index is 9.48. The van der Waals surface area contributed by atoms with Crippen LogP contribution < -0.4 is 10.2 Å². The third-order valence-corrected chi connectivity index (χ3v) is 4.82. The number of piperidine rings is 1. The van der Waals surface area contributed by atoms with E-state index in [-0.39, 0.29) is 0 Å². The monoisotopic (exact) mass is 329 g/mol. The van der Waals surface area contributed by atoms with Crippen LogP contribution in [0.15, 0.2) is 6.07 Å². The van der Waals surface area contributed by atoms with Crippen LogP contribution in [-0.2, 0) is 4.74 Å². The molecule has 24 heavy (non-hydrogen) atoms. The van der Waals surface area contributed by atoms with E-state index in [9.17, 15) is 5.26 Å². The lowest BCUT2D eigenvalue weighted by atomic mass is 10.1. The number of aromatic nitrogens is 1. The normalized spacial score (nSPS) is 19.1. The molecule has 130 valence electrons. The van der Waals surface area contributed by atoms with Crippen LogP contribution in [0.25, 0.3) is 0 Å². The van der Waals surface area contributed by atoms with Gasteiger partial charge in [0.15, 0.2) is 0 Å². The molecule has 0 atom stereocenters. The molecule has 6 nitrogen and oxygen atoms in total. The van der Waals surface area contributed by atoms with Crippen molar-refractivity contribution in [1.82, 2.24) is 9.88 Å². The van der Waals surface area contributed by atoms with E-state index >= 15 is 0 Å². The highest BCUT2D eigenvalue weighted by Crippen LogP contribution is 2.25. The number of morpholine rings is 1. The SMILES string of the molecule is Cc1cc(N2CCCCC2)nc(NCCN2CCOCC2)c1C#N. The highest BCUT2D eigenvalue weighted by Gasteiger charge is 2.17. The summed E-state index contributed by atoms with van der Waals surface area (Å²) in [7, 11) is 0. The molecule has 2 aliphatic rings. The van der Waals surface area contributed by atoms with Crippen molar-refractivity contribution in [3.63, 3.8) is 0 Å². The quantitative estimate of drug-likeness (QED) is 0.891. The number of hydrogen-bond donors (Lipinski definition) is 1. The lowest BCUT2D eigenvalue weighted by molar-refractivity contribution is 0.0398.